The quantitative estimate of drug-likeness (QED) is 0.771. The molecule has 1 aromatic carbocycles. The van der Waals surface area contributed by atoms with Crippen LogP contribution in [0.25, 0.3) is 6.08 Å². The molecule has 1 aliphatic rings. The van der Waals surface area contributed by atoms with Gasteiger partial charge in [-0.15, -0.1) is 0 Å². The van der Waals surface area contributed by atoms with Crippen LogP contribution in [-0.4, -0.2) is 40.3 Å². The fraction of sp³-hybridized carbons (Fsp3) is 0.267. The number of nitrogens with zero attached hydrogens (tertiary/aromatic N) is 1. The van der Waals surface area contributed by atoms with Crippen molar-refractivity contribution in [2.75, 3.05) is 13.2 Å². The molecule has 0 aromatic heterocycles. The number of carbonyl (C=O) groups is 3. The van der Waals surface area contributed by atoms with Gasteiger partial charge in [-0.25, -0.2) is 0 Å². The number of phenols is 1. The third kappa shape index (κ3) is 4.04. The van der Waals surface area contributed by atoms with E-state index >= 15 is 0 Å². The number of ether oxygens (including phenoxy) is 1. The van der Waals surface area contributed by atoms with E-state index in [1.807, 2.05) is 0 Å². The Morgan fingerprint density at radius 2 is 2.17 bits per heavy atom. The van der Waals surface area contributed by atoms with E-state index in [2.05, 4.69) is 0 Å². The summed E-state index contributed by atoms with van der Waals surface area (Å²) < 4.78 is 5.26. The van der Waals surface area contributed by atoms with Crippen molar-refractivity contribution in [3.8, 4) is 11.5 Å². The molecule has 2 rings (SSSR count). The predicted octanol–water partition coefficient (Wildman–Crippen LogP) is 0.967. The molecule has 1 fully saturated rings. The summed E-state index contributed by atoms with van der Waals surface area (Å²) in [5, 5.41) is 19.6. The second kappa shape index (κ2) is 7.19. The van der Waals surface area contributed by atoms with Gasteiger partial charge in [0.1, 0.15) is 0 Å². The van der Waals surface area contributed by atoms with Crippen LogP contribution in [0.4, 0.5) is 4.79 Å². The van der Waals surface area contributed by atoms with Crippen LogP contribution in [0.3, 0.4) is 0 Å². The summed E-state index contributed by atoms with van der Waals surface area (Å²) in [6, 6.07) is 4.55. The SMILES string of the molecule is CCOc1cc(/C=C2\SC(=O)N(CCC(=O)[O-])C2=O)ccc1O. The van der Waals surface area contributed by atoms with Gasteiger partial charge in [-0.3, -0.25) is 14.5 Å². The van der Waals surface area contributed by atoms with Crippen molar-refractivity contribution in [1.29, 1.82) is 0 Å². The topological polar surface area (TPSA) is 107 Å². The van der Waals surface area contributed by atoms with Gasteiger partial charge in [0.15, 0.2) is 11.5 Å². The monoisotopic (exact) mass is 336 g/mol. The minimum absolute atomic E-state index is 0.0222. The number of hydrogen-bond donors (Lipinski definition) is 1. The lowest BCUT2D eigenvalue weighted by Gasteiger charge is -2.12. The van der Waals surface area contributed by atoms with E-state index in [4.69, 9.17) is 4.74 Å². The van der Waals surface area contributed by atoms with Crippen molar-refractivity contribution in [1.82, 2.24) is 4.90 Å². The Balaban J connectivity index is 2.20. The lowest BCUT2D eigenvalue weighted by atomic mass is 10.2. The lowest BCUT2D eigenvalue weighted by Crippen LogP contribution is -2.33. The van der Waals surface area contributed by atoms with Crippen LogP contribution in [0.1, 0.15) is 18.9 Å². The highest BCUT2D eigenvalue weighted by molar-refractivity contribution is 8.18. The van der Waals surface area contributed by atoms with Crippen molar-refractivity contribution in [2.45, 2.75) is 13.3 Å². The molecule has 0 aliphatic carbocycles. The highest BCUT2D eigenvalue weighted by Crippen LogP contribution is 2.34. The Bertz CT molecular complexity index is 685. The van der Waals surface area contributed by atoms with Gasteiger partial charge in [0.2, 0.25) is 0 Å². The van der Waals surface area contributed by atoms with Crippen molar-refractivity contribution in [2.24, 2.45) is 0 Å². The number of amides is 2. The molecule has 1 N–H and O–H groups in total. The van der Waals surface area contributed by atoms with E-state index in [0.717, 1.165) is 16.7 Å². The first-order chi connectivity index (χ1) is 10.9. The van der Waals surface area contributed by atoms with Crippen molar-refractivity contribution in [3.05, 3.63) is 28.7 Å². The standard InChI is InChI=1S/C15H15NO6S/c1-2-22-11-7-9(3-4-10(11)17)8-12-14(20)16(15(21)23-12)6-5-13(18)19/h3-4,7-8,17H,2,5-6H2,1H3,(H,18,19)/p-1/b12-8-. The highest BCUT2D eigenvalue weighted by atomic mass is 32.2. The molecule has 1 aliphatic heterocycles. The highest BCUT2D eigenvalue weighted by Gasteiger charge is 2.34. The van der Waals surface area contributed by atoms with Gasteiger partial charge in [0, 0.05) is 18.9 Å². The third-order valence-electron chi connectivity index (χ3n) is 2.99. The number of thioether (sulfide) groups is 1. The first-order valence-corrected chi connectivity index (χ1v) is 7.65. The van der Waals surface area contributed by atoms with E-state index in [1.54, 1.807) is 19.1 Å². The Morgan fingerprint density at radius 3 is 2.83 bits per heavy atom. The second-order valence-corrected chi connectivity index (χ2v) is 5.61. The lowest BCUT2D eigenvalue weighted by molar-refractivity contribution is -0.305. The maximum Gasteiger partial charge on any atom is 0.293 e. The smallest absolute Gasteiger partial charge is 0.293 e. The van der Waals surface area contributed by atoms with E-state index in [-0.39, 0.29) is 22.9 Å². The fourth-order valence-corrected chi connectivity index (χ4v) is 2.80. The molecule has 2 amide bonds. The normalized spacial score (nSPS) is 16.2. The summed E-state index contributed by atoms with van der Waals surface area (Å²) >= 11 is 0.734. The van der Waals surface area contributed by atoms with Gasteiger partial charge in [-0.2, -0.15) is 0 Å². The van der Waals surface area contributed by atoms with Crippen LogP contribution in [-0.2, 0) is 9.59 Å². The molecule has 1 saturated heterocycles. The van der Waals surface area contributed by atoms with Gasteiger partial charge in [-0.05, 0) is 42.5 Å². The summed E-state index contributed by atoms with van der Waals surface area (Å²) in [6.07, 6.45) is 1.09. The Hall–Kier alpha value is -2.48. The zero-order chi connectivity index (χ0) is 17.0. The molecule has 8 heteroatoms. The van der Waals surface area contributed by atoms with Gasteiger partial charge in [-0.1, -0.05) is 6.07 Å². The largest absolute Gasteiger partial charge is 0.550 e. The number of hydrogen-bond acceptors (Lipinski definition) is 7. The average molecular weight is 336 g/mol. The second-order valence-electron chi connectivity index (χ2n) is 4.62. The molecule has 0 unspecified atom stereocenters. The first kappa shape index (κ1) is 16.9. The van der Waals surface area contributed by atoms with Crippen molar-refractivity contribution >= 4 is 35.0 Å². The van der Waals surface area contributed by atoms with Gasteiger partial charge >= 0.3 is 0 Å². The number of carboxylic acid groups (broad SMARTS) is 1. The number of phenolic OH excluding ortho intramolecular Hbond substituents is 1. The van der Waals surface area contributed by atoms with Crippen molar-refractivity contribution in [3.63, 3.8) is 0 Å². The summed E-state index contributed by atoms with van der Waals surface area (Å²) in [5.41, 5.74) is 0.580. The van der Waals surface area contributed by atoms with Crippen LogP contribution >= 0.6 is 11.8 Å². The number of imide groups is 1. The minimum Gasteiger partial charge on any atom is -0.550 e. The fourth-order valence-electron chi connectivity index (χ4n) is 1.94. The molecular formula is C15H14NO6S-. The maximum atomic E-state index is 12.1. The Labute approximate surface area is 136 Å². The number of rotatable bonds is 6. The van der Waals surface area contributed by atoms with E-state index in [1.165, 1.54) is 12.1 Å². The number of benzene rings is 1. The van der Waals surface area contributed by atoms with E-state index < -0.39 is 23.5 Å². The summed E-state index contributed by atoms with van der Waals surface area (Å²) in [6.45, 7) is 1.93. The van der Waals surface area contributed by atoms with Crippen molar-refractivity contribution < 1.29 is 29.3 Å². The minimum atomic E-state index is -1.33. The van der Waals surface area contributed by atoms with Crippen LogP contribution in [0.5, 0.6) is 11.5 Å². The third-order valence-corrected chi connectivity index (χ3v) is 3.90. The van der Waals surface area contributed by atoms with E-state index in [9.17, 15) is 24.6 Å². The van der Waals surface area contributed by atoms with Gasteiger partial charge in [0.05, 0.1) is 11.5 Å². The van der Waals surface area contributed by atoms with Crippen LogP contribution in [0.2, 0.25) is 0 Å². The molecule has 0 bridgehead atoms. The predicted molar refractivity (Wildman–Crippen MR) is 81.6 cm³/mol. The summed E-state index contributed by atoms with van der Waals surface area (Å²) in [7, 11) is 0. The van der Waals surface area contributed by atoms with Gasteiger partial charge < -0.3 is 19.7 Å². The number of aromatic hydroxyl groups is 1. The Morgan fingerprint density at radius 1 is 1.43 bits per heavy atom. The summed E-state index contributed by atoms with van der Waals surface area (Å²) in [4.78, 5) is 35.4. The van der Waals surface area contributed by atoms with E-state index in [0.29, 0.717) is 12.2 Å². The molecule has 7 nitrogen and oxygen atoms in total. The van der Waals surface area contributed by atoms with Crippen LogP contribution < -0.4 is 9.84 Å². The molecule has 0 saturated carbocycles. The molecule has 23 heavy (non-hydrogen) atoms. The molecule has 0 spiro atoms. The van der Waals surface area contributed by atoms with Crippen LogP contribution in [0.15, 0.2) is 23.1 Å². The maximum absolute atomic E-state index is 12.1. The number of carbonyl (C=O) groups excluding carboxylic acids is 3. The zero-order valence-electron chi connectivity index (χ0n) is 12.3. The number of aliphatic carboxylic acids is 1. The number of carboxylic acids is 1. The molecule has 1 aromatic rings. The molecule has 0 radical (unpaired) electrons. The molecule has 1 heterocycles. The molecule has 122 valence electrons. The molecular weight excluding hydrogens is 322 g/mol. The zero-order valence-corrected chi connectivity index (χ0v) is 13.1. The van der Waals surface area contributed by atoms with Crippen LogP contribution in [0, 0.1) is 0 Å². The average Bonchev–Trinajstić information content (AvgIpc) is 2.75. The molecule has 0 atom stereocenters. The first-order valence-electron chi connectivity index (χ1n) is 6.83. The van der Waals surface area contributed by atoms with Gasteiger partial charge in [0.25, 0.3) is 11.1 Å². The Kier molecular flexibility index (Phi) is 5.28. The summed E-state index contributed by atoms with van der Waals surface area (Å²) in [5.74, 6) is -1.62.